The Balaban J connectivity index is 2.81. The third-order valence-corrected chi connectivity index (χ3v) is 1.93. The van der Waals surface area contributed by atoms with Crippen molar-refractivity contribution in [2.45, 2.75) is 10.7 Å². The highest BCUT2D eigenvalue weighted by Gasteiger charge is 2.04. The van der Waals surface area contributed by atoms with E-state index in [-0.39, 0.29) is 0 Å². The largest absolute Gasteiger partial charge is 0.288 e. The zero-order valence-corrected chi connectivity index (χ0v) is 6.94. The van der Waals surface area contributed by atoms with Crippen LogP contribution in [-0.2, 0) is 0 Å². The third-order valence-electron chi connectivity index (χ3n) is 1.23. The van der Waals surface area contributed by atoms with Crippen LogP contribution in [0.5, 0.6) is 0 Å². The molecule has 0 unspecified atom stereocenters. The van der Waals surface area contributed by atoms with Crippen molar-refractivity contribution in [3.8, 4) is 12.3 Å². The van der Waals surface area contributed by atoms with Crippen molar-refractivity contribution in [2.75, 3.05) is 0 Å². The maximum Gasteiger partial charge on any atom is 0.288 e. The minimum atomic E-state index is -2.39. The standard InChI is InChI=1S/C9H6F2S/c1-2-7-4-3-5-8(6-7)12-9(10)11/h1,3-6,9H. The number of terminal acetylenes is 1. The van der Waals surface area contributed by atoms with E-state index >= 15 is 0 Å². The highest BCUT2D eigenvalue weighted by molar-refractivity contribution is 7.99. The first-order valence-electron chi connectivity index (χ1n) is 3.24. The Labute approximate surface area is 74.0 Å². The molecule has 0 amide bonds. The fourth-order valence-electron chi connectivity index (χ4n) is 0.762. The maximum absolute atomic E-state index is 11.9. The van der Waals surface area contributed by atoms with Gasteiger partial charge in [-0.1, -0.05) is 23.7 Å². The van der Waals surface area contributed by atoms with Crippen LogP contribution in [0.25, 0.3) is 0 Å². The van der Waals surface area contributed by atoms with Crippen LogP contribution in [-0.4, -0.2) is 5.76 Å². The number of thioether (sulfide) groups is 1. The van der Waals surface area contributed by atoms with Crippen molar-refractivity contribution >= 4 is 11.8 Å². The Morgan fingerprint density at radius 2 is 2.17 bits per heavy atom. The van der Waals surface area contributed by atoms with E-state index in [2.05, 4.69) is 5.92 Å². The van der Waals surface area contributed by atoms with Crippen LogP contribution in [0.1, 0.15) is 5.56 Å². The molecule has 0 aliphatic carbocycles. The molecule has 0 radical (unpaired) electrons. The predicted octanol–water partition coefficient (Wildman–Crippen LogP) is 2.98. The lowest BCUT2D eigenvalue weighted by atomic mass is 10.2. The van der Waals surface area contributed by atoms with Crippen LogP contribution >= 0.6 is 11.8 Å². The van der Waals surface area contributed by atoms with Gasteiger partial charge in [0.1, 0.15) is 0 Å². The van der Waals surface area contributed by atoms with Gasteiger partial charge in [0.05, 0.1) is 0 Å². The summed E-state index contributed by atoms with van der Waals surface area (Å²) in [4.78, 5) is 0.500. The summed E-state index contributed by atoms with van der Waals surface area (Å²) in [5, 5.41) is 0. The van der Waals surface area contributed by atoms with E-state index in [1.54, 1.807) is 24.3 Å². The molecule has 0 atom stereocenters. The quantitative estimate of drug-likeness (QED) is 0.503. The number of alkyl halides is 2. The summed E-state index contributed by atoms with van der Waals surface area (Å²) >= 11 is 0.499. The highest BCUT2D eigenvalue weighted by Crippen LogP contribution is 2.25. The summed E-state index contributed by atoms with van der Waals surface area (Å²) < 4.78 is 23.7. The second-order valence-electron chi connectivity index (χ2n) is 2.05. The van der Waals surface area contributed by atoms with Gasteiger partial charge in [-0.25, -0.2) is 0 Å². The van der Waals surface area contributed by atoms with Crippen LogP contribution in [0.15, 0.2) is 29.2 Å². The number of rotatable bonds is 2. The Bertz CT molecular complexity index is 302. The van der Waals surface area contributed by atoms with Gasteiger partial charge in [-0.15, -0.1) is 6.42 Å². The van der Waals surface area contributed by atoms with Crippen molar-refractivity contribution in [1.82, 2.24) is 0 Å². The van der Waals surface area contributed by atoms with Gasteiger partial charge in [-0.2, -0.15) is 8.78 Å². The molecule has 0 heterocycles. The molecule has 1 aromatic rings. The molecule has 0 fully saturated rings. The second kappa shape index (κ2) is 4.13. The fraction of sp³-hybridized carbons (Fsp3) is 0.111. The minimum absolute atomic E-state index is 0.499. The van der Waals surface area contributed by atoms with E-state index in [1.165, 1.54) is 0 Å². The third kappa shape index (κ3) is 2.55. The van der Waals surface area contributed by atoms with Crippen LogP contribution in [0.3, 0.4) is 0 Å². The summed E-state index contributed by atoms with van der Waals surface area (Å²) in [6, 6.07) is 6.55. The van der Waals surface area contributed by atoms with E-state index in [1.807, 2.05) is 0 Å². The van der Waals surface area contributed by atoms with Crippen LogP contribution in [0.2, 0.25) is 0 Å². The Morgan fingerprint density at radius 3 is 2.75 bits per heavy atom. The summed E-state index contributed by atoms with van der Waals surface area (Å²) in [5.74, 6) is -0.00836. The van der Waals surface area contributed by atoms with Gasteiger partial charge >= 0.3 is 0 Å². The number of benzene rings is 1. The minimum Gasteiger partial charge on any atom is -0.198 e. The monoisotopic (exact) mass is 184 g/mol. The highest BCUT2D eigenvalue weighted by atomic mass is 32.2. The van der Waals surface area contributed by atoms with Crippen molar-refractivity contribution in [3.63, 3.8) is 0 Å². The number of hydrogen-bond acceptors (Lipinski definition) is 1. The molecule has 1 aromatic carbocycles. The summed E-state index contributed by atoms with van der Waals surface area (Å²) in [5.41, 5.74) is 0.626. The molecule has 12 heavy (non-hydrogen) atoms. The van der Waals surface area contributed by atoms with Crippen LogP contribution in [0, 0.1) is 12.3 Å². The molecule has 3 heteroatoms. The van der Waals surface area contributed by atoms with Crippen molar-refractivity contribution in [3.05, 3.63) is 29.8 Å². The fourth-order valence-corrected chi connectivity index (χ4v) is 1.32. The molecule has 0 N–H and O–H groups in total. The molecule has 0 nitrogen and oxygen atoms in total. The summed E-state index contributed by atoms with van der Waals surface area (Å²) in [6.45, 7) is 0. The first kappa shape index (κ1) is 9.08. The van der Waals surface area contributed by atoms with E-state index in [0.29, 0.717) is 22.2 Å². The van der Waals surface area contributed by atoms with Crippen molar-refractivity contribution in [1.29, 1.82) is 0 Å². The van der Waals surface area contributed by atoms with Gasteiger partial charge in [0.25, 0.3) is 5.76 Å². The molecule has 0 saturated heterocycles. The average molecular weight is 184 g/mol. The normalized spacial score (nSPS) is 9.83. The van der Waals surface area contributed by atoms with Gasteiger partial charge < -0.3 is 0 Å². The smallest absolute Gasteiger partial charge is 0.198 e. The first-order chi connectivity index (χ1) is 5.72. The molecular formula is C9H6F2S. The van der Waals surface area contributed by atoms with Crippen LogP contribution in [0.4, 0.5) is 8.78 Å². The molecule has 0 bridgehead atoms. The molecule has 0 spiro atoms. The van der Waals surface area contributed by atoms with Crippen molar-refractivity contribution in [2.24, 2.45) is 0 Å². The molecule has 0 aromatic heterocycles. The van der Waals surface area contributed by atoms with Gasteiger partial charge in [0, 0.05) is 10.5 Å². The van der Waals surface area contributed by atoms with E-state index in [4.69, 9.17) is 6.42 Å². The zero-order chi connectivity index (χ0) is 8.97. The van der Waals surface area contributed by atoms with Crippen LogP contribution < -0.4 is 0 Å². The molecule has 1 rings (SSSR count). The summed E-state index contributed by atoms with van der Waals surface area (Å²) in [6.07, 6.45) is 5.10. The average Bonchev–Trinajstić information content (AvgIpc) is 2.03. The summed E-state index contributed by atoms with van der Waals surface area (Å²) in [7, 11) is 0. The van der Waals surface area contributed by atoms with E-state index < -0.39 is 5.76 Å². The molecule has 62 valence electrons. The van der Waals surface area contributed by atoms with Crippen molar-refractivity contribution < 1.29 is 8.78 Å². The Hall–Kier alpha value is -1.01. The van der Waals surface area contributed by atoms with Gasteiger partial charge in [0.2, 0.25) is 0 Å². The topological polar surface area (TPSA) is 0 Å². The molecular weight excluding hydrogens is 178 g/mol. The zero-order valence-electron chi connectivity index (χ0n) is 6.13. The maximum atomic E-state index is 11.9. The Morgan fingerprint density at radius 1 is 1.42 bits per heavy atom. The number of halogens is 2. The van der Waals surface area contributed by atoms with E-state index in [9.17, 15) is 8.78 Å². The molecule has 0 aliphatic rings. The molecule has 0 saturated carbocycles. The Kier molecular flexibility index (Phi) is 3.12. The second-order valence-corrected chi connectivity index (χ2v) is 3.11. The van der Waals surface area contributed by atoms with Gasteiger partial charge in [-0.3, -0.25) is 0 Å². The molecule has 0 aliphatic heterocycles. The lowest BCUT2D eigenvalue weighted by Gasteiger charge is -1.99. The van der Waals surface area contributed by atoms with Gasteiger partial charge in [-0.05, 0) is 18.2 Å². The number of hydrogen-bond donors (Lipinski definition) is 0. The first-order valence-corrected chi connectivity index (χ1v) is 4.12. The predicted molar refractivity (Wildman–Crippen MR) is 46.2 cm³/mol. The van der Waals surface area contributed by atoms with E-state index in [0.717, 1.165) is 0 Å². The SMILES string of the molecule is C#Cc1cccc(SC(F)F)c1. The lowest BCUT2D eigenvalue weighted by molar-refractivity contribution is 0.252. The van der Waals surface area contributed by atoms with Gasteiger partial charge in [0.15, 0.2) is 0 Å². The lowest BCUT2D eigenvalue weighted by Crippen LogP contribution is -1.82.